The van der Waals surface area contributed by atoms with Crippen molar-refractivity contribution in [3.63, 3.8) is 0 Å². The largest absolute Gasteiger partial charge is 0.472 e. The predicted molar refractivity (Wildman–Crippen MR) is 140 cm³/mol. The number of aliphatic hydroxyl groups excluding tert-OH is 3. The lowest BCUT2D eigenvalue weighted by atomic mass is 10.1. The lowest BCUT2D eigenvalue weighted by Crippen LogP contribution is -2.24. The summed E-state index contributed by atoms with van der Waals surface area (Å²) in [6.45, 7) is 0.0292. The number of phosphoric ester groups is 1. The molecule has 0 aromatic carbocycles. The average Bonchev–Trinajstić information content (AvgIpc) is 2.86. The van der Waals surface area contributed by atoms with Gasteiger partial charge in [-0.2, -0.15) is 0 Å². The Morgan fingerprint density at radius 3 is 1.89 bits per heavy atom. The van der Waals surface area contributed by atoms with Crippen LogP contribution in [0.25, 0.3) is 0 Å². The smallest absolute Gasteiger partial charge is 0.463 e. The highest BCUT2D eigenvalue weighted by Gasteiger charge is 2.24. The average molecular weight is 535 g/mol. The summed E-state index contributed by atoms with van der Waals surface area (Å²) in [5, 5.41) is 27.4. The molecule has 0 saturated carbocycles. The third-order valence-electron chi connectivity index (χ3n) is 5.03. The molecule has 0 spiro atoms. The van der Waals surface area contributed by atoms with E-state index in [-0.39, 0.29) is 13.0 Å². The number of hydrogen-bond donors (Lipinski definition) is 4. The van der Waals surface area contributed by atoms with E-state index in [4.69, 9.17) is 14.9 Å². The van der Waals surface area contributed by atoms with Gasteiger partial charge in [-0.05, 0) is 44.9 Å². The Labute approximate surface area is 216 Å². The van der Waals surface area contributed by atoms with Crippen LogP contribution in [-0.4, -0.2) is 64.8 Å². The van der Waals surface area contributed by atoms with Crippen LogP contribution in [0.5, 0.6) is 0 Å². The Kier molecular flexibility index (Phi) is 23.2. The monoisotopic (exact) mass is 534 g/mol. The number of hydrogen-bond acceptors (Lipinski definition) is 8. The van der Waals surface area contributed by atoms with Crippen LogP contribution in [-0.2, 0) is 23.1 Å². The normalized spacial score (nSPS) is 15.6. The number of carbonyl (C=O) groups excluding carboxylic acids is 1. The summed E-state index contributed by atoms with van der Waals surface area (Å²) in [7, 11) is -4.49. The molecule has 4 N–H and O–H groups in total. The van der Waals surface area contributed by atoms with Gasteiger partial charge in [-0.3, -0.25) is 13.8 Å². The predicted octanol–water partition coefficient (Wildman–Crippen LogP) is 4.75. The molecule has 10 heteroatoms. The van der Waals surface area contributed by atoms with Crippen LogP contribution < -0.4 is 0 Å². The van der Waals surface area contributed by atoms with Gasteiger partial charge in [-0.25, -0.2) is 4.57 Å². The molecule has 3 atom stereocenters. The summed E-state index contributed by atoms with van der Waals surface area (Å²) in [6.07, 6.45) is 22.5. The fourth-order valence-electron chi connectivity index (χ4n) is 2.93. The van der Waals surface area contributed by atoms with Gasteiger partial charge < -0.3 is 24.9 Å². The Hall–Kier alpha value is -1.32. The summed E-state index contributed by atoms with van der Waals surface area (Å²) in [4.78, 5) is 21.1. The second-order valence-electron chi connectivity index (χ2n) is 8.57. The molecule has 0 aliphatic carbocycles. The first-order valence-electron chi connectivity index (χ1n) is 13.0. The summed E-state index contributed by atoms with van der Waals surface area (Å²) < 4.78 is 25.5. The quantitative estimate of drug-likeness (QED) is 0.0597. The third kappa shape index (κ3) is 24.4. The van der Waals surface area contributed by atoms with Crippen LogP contribution in [0.3, 0.4) is 0 Å². The van der Waals surface area contributed by atoms with Gasteiger partial charge >= 0.3 is 13.8 Å². The number of ether oxygens (including phenoxy) is 1. The molecule has 210 valence electrons. The summed E-state index contributed by atoms with van der Waals surface area (Å²) in [5.74, 6) is -0.453. The molecule has 36 heavy (non-hydrogen) atoms. The molecule has 0 radical (unpaired) electrons. The summed E-state index contributed by atoms with van der Waals surface area (Å²) in [6, 6.07) is 0. The minimum Gasteiger partial charge on any atom is -0.463 e. The zero-order valence-corrected chi connectivity index (χ0v) is 22.6. The van der Waals surface area contributed by atoms with Gasteiger partial charge in [0.25, 0.3) is 0 Å². The Balaban J connectivity index is 3.64. The van der Waals surface area contributed by atoms with Crippen molar-refractivity contribution >= 4 is 13.8 Å². The van der Waals surface area contributed by atoms with Crippen molar-refractivity contribution in [3.05, 3.63) is 36.5 Å². The lowest BCUT2D eigenvalue weighted by molar-refractivity contribution is -0.147. The first-order valence-corrected chi connectivity index (χ1v) is 14.5. The van der Waals surface area contributed by atoms with Crippen molar-refractivity contribution in [3.8, 4) is 0 Å². The summed E-state index contributed by atoms with van der Waals surface area (Å²) in [5.41, 5.74) is 0. The van der Waals surface area contributed by atoms with Crippen molar-refractivity contribution in [2.75, 3.05) is 26.4 Å². The second-order valence-corrected chi connectivity index (χ2v) is 10.0. The minimum absolute atomic E-state index is 0.238. The van der Waals surface area contributed by atoms with Gasteiger partial charge in [-0.1, -0.05) is 69.1 Å². The zero-order valence-electron chi connectivity index (χ0n) is 21.7. The second kappa shape index (κ2) is 24.0. The number of unbranched alkanes of at least 4 members (excludes halogenated alkanes) is 7. The highest BCUT2D eigenvalue weighted by atomic mass is 31.2. The molecular formula is C26H47O9P. The van der Waals surface area contributed by atoms with Crippen molar-refractivity contribution < 1.29 is 43.4 Å². The molecule has 1 unspecified atom stereocenters. The molecule has 0 rings (SSSR count). The van der Waals surface area contributed by atoms with Gasteiger partial charge in [0.2, 0.25) is 0 Å². The molecule has 0 bridgehead atoms. The van der Waals surface area contributed by atoms with E-state index in [1.807, 2.05) is 0 Å². The van der Waals surface area contributed by atoms with Gasteiger partial charge in [0.1, 0.15) is 18.8 Å². The number of phosphoric acid groups is 1. The number of rotatable bonds is 24. The van der Waals surface area contributed by atoms with E-state index in [0.717, 1.165) is 38.5 Å². The van der Waals surface area contributed by atoms with Crippen LogP contribution in [0.15, 0.2) is 36.5 Å². The van der Waals surface area contributed by atoms with E-state index in [9.17, 15) is 19.4 Å². The standard InChI is InChI=1S/C26H47O9P/c1-2-3-4-5-6-7-8-9-10-11-12-13-14-15-16-17-18-19-26(30)33-21-25(29)23-35-36(31,32)34-22-24(28)20-27/h6-7,9-10,12-13,24-25,27-29H,2-5,8,11,14-23H2,1H3,(H,31,32)/b7-6-,10-9-,13-12-/t24-,25+/m0/s1. The van der Waals surface area contributed by atoms with Gasteiger partial charge in [0.05, 0.1) is 19.8 Å². The first-order chi connectivity index (χ1) is 17.3. The van der Waals surface area contributed by atoms with Crippen LogP contribution in [0.2, 0.25) is 0 Å². The van der Waals surface area contributed by atoms with E-state index in [1.54, 1.807) is 0 Å². The van der Waals surface area contributed by atoms with E-state index >= 15 is 0 Å². The molecule has 0 fully saturated rings. The topological polar surface area (TPSA) is 143 Å². The van der Waals surface area contributed by atoms with Crippen molar-refractivity contribution in [1.82, 2.24) is 0 Å². The highest BCUT2D eigenvalue weighted by molar-refractivity contribution is 7.47. The molecule has 0 amide bonds. The van der Waals surface area contributed by atoms with Crippen LogP contribution in [0.4, 0.5) is 0 Å². The van der Waals surface area contributed by atoms with Crippen LogP contribution in [0, 0.1) is 0 Å². The van der Waals surface area contributed by atoms with Crippen molar-refractivity contribution in [2.45, 2.75) is 96.2 Å². The number of aliphatic hydroxyl groups is 3. The summed E-state index contributed by atoms with van der Waals surface area (Å²) >= 11 is 0. The number of carbonyl (C=O) groups is 1. The van der Waals surface area contributed by atoms with Crippen molar-refractivity contribution in [1.29, 1.82) is 0 Å². The van der Waals surface area contributed by atoms with Gasteiger partial charge in [0, 0.05) is 6.42 Å². The van der Waals surface area contributed by atoms with E-state index in [2.05, 4.69) is 52.4 Å². The maximum absolute atomic E-state index is 11.7. The number of allylic oxidation sites excluding steroid dienone is 6. The zero-order chi connectivity index (χ0) is 26.9. The lowest BCUT2D eigenvalue weighted by Gasteiger charge is -2.16. The Bertz CT molecular complexity index is 664. The fourth-order valence-corrected chi connectivity index (χ4v) is 3.73. The first kappa shape index (κ1) is 34.7. The SMILES string of the molecule is CCCCC/C=C\C/C=C\C/C=C\CCCCCCC(=O)OC[C@@H](O)COP(=O)(O)OC[C@@H](O)CO. The molecule has 0 aliphatic rings. The Morgan fingerprint density at radius 2 is 1.31 bits per heavy atom. The van der Waals surface area contributed by atoms with E-state index in [0.29, 0.717) is 6.42 Å². The fraction of sp³-hybridized carbons (Fsp3) is 0.731. The maximum atomic E-state index is 11.7. The maximum Gasteiger partial charge on any atom is 0.472 e. The molecule has 0 heterocycles. The van der Waals surface area contributed by atoms with Gasteiger partial charge in [-0.15, -0.1) is 0 Å². The van der Waals surface area contributed by atoms with E-state index < -0.39 is 45.8 Å². The molecule has 0 aromatic rings. The molecule has 0 saturated heterocycles. The third-order valence-corrected chi connectivity index (χ3v) is 5.98. The Morgan fingerprint density at radius 1 is 0.778 bits per heavy atom. The van der Waals surface area contributed by atoms with E-state index in [1.165, 1.54) is 25.7 Å². The minimum atomic E-state index is -4.49. The molecule has 9 nitrogen and oxygen atoms in total. The van der Waals surface area contributed by atoms with Crippen LogP contribution in [0.1, 0.15) is 84.0 Å². The molecule has 0 aliphatic heterocycles. The highest BCUT2D eigenvalue weighted by Crippen LogP contribution is 2.43. The van der Waals surface area contributed by atoms with Crippen molar-refractivity contribution in [2.24, 2.45) is 0 Å². The van der Waals surface area contributed by atoms with Gasteiger partial charge in [0.15, 0.2) is 0 Å². The number of esters is 1. The molecular weight excluding hydrogens is 487 g/mol. The van der Waals surface area contributed by atoms with Crippen LogP contribution >= 0.6 is 7.82 Å². The molecule has 0 aromatic heterocycles.